The van der Waals surface area contributed by atoms with Crippen LogP contribution in [0.5, 0.6) is 11.9 Å². The van der Waals surface area contributed by atoms with Crippen LogP contribution in [0.4, 0.5) is 0 Å². The van der Waals surface area contributed by atoms with Gasteiger partial charge in [0.05, 0.1) is 24.5 Å². The number of nitriles is 1. The van der Waals surface area contributed by atoms with Gasteiger partial charge in [0.25, 0.3) is 0 Å². The van der Waals surface area contributed by atoms with E-state index in [2.05, 4.69) is 16.0 Å². The van der Waals surface area contributed by atoms with Gasteiger partial charge in [-0.25, -0.2) is 0 Å². The van der Waals surface area contributed by atoms with Crippen LogP contribution in [0.3, 0.4) is 0 Å². The van der Waals surface area contributed by atoms with Crippen LogP contribution in [-0.2, 0) is 16.6 Å². The molecule has 0 aliphatic heterocycles. The first-order valence-electron chi connectivity index (χ1n) is 8.80. The molecule has 2 aliphatic carbocycles. The predicted molar refractivity (Wildman–Crippen MR) is 91.4 cm³/mol. The van der Waals surface area contributed by atoms with Crippen molar-refractivity contribution >= 4 is 5.78 Å². The van der Waals surface area contributed by atoms with Crippen molar-refractivity contribution in [2.75, 3.05) is 13.2 Å². The average molecular weight is 341 g/mol. The Morgan fingerprint density at radius 3 is 2.68 bits per heavy atom. The zero-order valence-electron chi connectivity index (χ0n) is 15.1. The fourth-order valence-electron chi connectivity index (χ4n) is 4.17. The number of hydrogen-bond donors (Lipinski definition) is 0. The molecule has 6 heteroatoms. The molecule has 0 saturated heterocycles. The monoisotopic (exact) mass is 341 g/mol. The van der Waals surface area contributed by atoms with E-state index in [4.69, 9.17) is 9.47 Å². The van der Waals surface area contributed by atoms with E-state index < -0.39 is 5.41 Å². The van der Waals surface area contributed by atoms with Crippen molar-refractivity contribution in [1.29, 1.82) is 5.26 Å². The summed E-state index contributed by atoms with van der Waals surface area (Å²) in [4.78, 5) is 21.5. The Morgan fingerprint density at radius 2 is 2.04 bits per heavy atom. The van der Waals surface area contributed by atoms with Crippen molar-refractivity contribution in [1.82, 2.24) is 9.97 Å². The zero-order valence-corrected chi connectivity index (χ0v) is 15.1. The zero-order chi connectivity index (χ0) is 18.2. The van der Waals surface area contributed by atoms with Gasteiger partial charge in [-0.3, -0.25) is 4.79 Å². The first kappa shape index (κ1) is 17.4. The second kappa shape index (κ2) is 6.47. The summed E-state index contributed by atoms with van der Waals surface area (Å²) in [7, 11) is 0. The molecule has 3 unspecified atom stereocenters. The van der Waals surface area contributed by atoms with Gasteiger partial charge in [-0.05, 0) is 32.6 Å². The predicted octanol–water partition coefficient (Wildman–Crippen LogP) is 2.76. The van der Waals surface area contributed by atoms with Gasteiger partial charge in [0.2, 0.25) is 5.88 Å². The highest BCUT2D eigenvalue weighted by molar-refractivity contribution is 6.02. The summed E-state index contributed by atoms with van der Waals surface area (Å²) in [5, 5.41) is 9.39. The van der Waals surface area contributed by atoms with E-state index in [0.717, 1.165) is 24.1 Å². The molecular formula is C19H23N3O3. The van der Waals surface area contributed by atoms with Gasteiger partial charge in [0.15, 0.2) is 5.78 Å². The molecule has 2 aliphatic rings. The van der Waals surface area contributed by atoms with E-state index in [1.54, 1.807) is 6.08 Å². The van der Waals surface area contributed by atoms with Gasteiger partial charge in [0.1, 0.15) is 6.07 Å². The highest BCUT2D eigenvalue weighted by Crippen LogP contribution is 2.50. The third-order valence-electron chi connectivity index (χ3n) is 5.34. The molecule has 0 bridgehead atoms. The fourth-order valence-corrected chi connectivity index (χ4v) is 4.17. The second-order valence-electron chi connectivity index (χ2n) is 6.76. The van der Waals surface area contributed by atoms with Crippen LogP contribution in [0.2, 0.25) is 0 Å². The van der Waals surface area contributed by atoms with Crippen molar-refractivity contribution in [3.8, 4) is 18.0 Å². The first-order valence-corrected chi connectivity index (χ1v) is 8.80. The maximum atomic E-state index is 12.4. The molecule has 6 nitrogen and oxygen atoms in total. The van der Waals surface area contributed by atoms with E-state index in [1.807, 2.05) is 27.7 Å². The average Bonchev–Trinajstić information content (AvgIpc) is 2.59. The molecule has 0 fully saturated rings. The summed E-state index contributed by atoms with van der Waals surface area (Å²) in [6.07, 6.45) is 3.38. The molecule has 3 atom stereocenters. The van der Waals surface area contributed by atoms with Crippen LogP contribution in [-0.4, -0.2) is 29.0 Å². The summed E-state index contributed by atoms with van der Waals surface area (Å²) >= 11 is 0. The van der Waals surface area contributed by atoms with Crippen molar-refractivity contribution in [2.24, 2.45) is 11.8 Å². The number of rotatable bonds is 4. The van der Waals surface area contributed by atoms with Crippen LogP contribution in [0, 0.1) is 23.2 Å². The Balaban J connectivity index is 2.23. The van der Waals surface area contributed by atoms with E-state index in [9.17, 15) is 10.1 Å². The lowest BCUT2D eigenvalue weighted by atomic mass is 9.58. The summed E-state index contributed by atoms with van der Waals surface area (Å²) in [5.74, 6) is 0.368. The van der Waals surface area contributed by atoms with Gasteiger partial charge in [-0.15, -0.1) is 0 Å². The highest BCUT2D eigenvalue weighted by atomic mass is 16.5. The molecule has 0 N–H and O–H groups in total. The first-order chi connectivity index (χ1) is 12.0. The number of hydrogen-bond acceptors (Lipinski definition) is 6. The summed E-state index contributed by atoms with van der Waals surface area (Å²) in [5.41, 5.74) is 1.48. The molecule has 0 aromatic carbocycles. The standard InChI is InChI=1S/C19H23N3O3/c1-5-24-17-13-7-8-14-11(3)15(23)12(10-20)9-19(14,4)16(13)21-18(22-17)25-6-2/h9,11,14H,5-8H2,1-4H3. The Kier molecular flexibility index (Phi) is 4.51. The Bertz CT molecular complexity index is 781. The van der Waals surface area contributed by atoms with E-state index in [1.165, 1.54) is 0 Å². The molecule has 1 heterocycles. The third-order valence-corrected chi connectivity index (χ3v) is 5.34. The topological polar surface area (TPSA) is 85.1 Å². The number of ketones is 1. The molecule has 1 aromatic heterocycles. The lowest BCUT2D eigenvalue weighted by Crippen LogP contribution is -2.46. The number of nitrogens with zero attached hydrogens (tertiary/aromatic N) is 3. The smallest absolute Gasteiger partial charge is 0.319 e. The highest BCUT2D eigenvalue weighted by Gasteiger charge is 2.50. The Morgan fingerprint density at radius 1 is 1.32 bits per heavy atom. The normalized spacial score (nSPS) is 27.6. The fraction of sp³-hybridized carbons (Fsp3) is 0.579. The molecule has 0 saturated carbocycles. The van der Waals surface area contributed by atoms with Gasteiger partial charge in [-0.2, -0.15) is 15.2 Å². The molecule has 1 aromatic rings. The van der Waals surface area contributed by atoms with Crippen molar-refractivity contribution < 1.29 is 14.3 Å². The maximum Gasteiger partial charge on any atom is 0.319 e. The number of Topliss-reactive ketones (excluding diaryl/α,β-unsaturated/α-hetero) is 1. The molecule has 3 rings (SSSR count). The molecular weight excluding hydrogens is 318 g/mol. The lowest BCUT2D eigenvalue weighted by molar-refractivity contribution is -0.121. The largest absolute Gasteiger partial charge is 0.478 e. The van der Waals surface area contributed by atoms with Gasteiger partial charge >= 0.3 is 6.01 Å². The second-order valence-corrected chi connectivity index (χ2v) is 6.76. The minimum absolute atomic E-state index is 0.0717. The van der Waals surface area contributed by atoms with Crippen LogP contribution in [0.15, 0.2) is 11.6 Å². The van der Waals surface area contributed by atoms with Crippen molar-refractivity contribution in [3.05, 3.63) is 22.9 Å². The van der Waals surface area contributed by atoms with E-state index in [0.29, 0.717) is 19.1 Å². The van der Waals surface area contributed by atoms with Crippen LogP contribution in [0.25, 0.3) is 0 Å². The third kappa shape index (κ3) is 2.68. The summed E-state index contributed by atoms with van der Waals surface area (Å²) < 4.78 is 11.3. The van der Waals surface area contributed by atoms with E-state index in [-0.39, 0.29) is 29.2 Å². The van der Waals surface area contributed by atoms with Crippen LogP contribution in [0.1, 0.15) is 45.4 Å². The summed E-state index contributed by atoms with van der Waals surface area (Å²) in [6.45, 7) is 8.71. The number of carbonyl (C=O) groups is 1. The number of ether oxygens (including phenoxy) is 2. The molecule has 0 radical (unpaired) electrons. The number of carbonyl (C=O) groups excluding carboxylic acids is 1. The maximum absolute atomic E-state index is 12.4. The van der Waals surface area contributed by atoms with Gasteiger partial charge < -0.3 is 9.47 Å². The van der Waals surface area contributed by atoms with Gasteiger partial charge in [-0.1, -0.05) is 19.9 Å². The lowest BCUT2D eigenvalue weighted by Gasteiger charge is -2.45. The molecule has 0 spiro atoms. The van der Waals surface area contributed by atoms with E-state index >= 15 is 0 Å². The molecule has 132 valence electrons. The number of aromatic nitrogens is 2. The van der Waals surface area contributed by atoms with Crippen molar-refractivity contribution in [2.45, 2.75) is 46.0 Å². The molecule has 0 amide bonds. The number of allylic oxidation sites excluding steroid dienone is 2. The van der Waals surface area contributed by atoms with Crippen LogP contribution >= 0.6 is 0 Å². The minimum Gasteiger partial charge on any atom is -0.478 e. The Hall–Kier alpha value is -2.42. The Labute approximate surface area is 147 Å². The number of fused-ring (bicyclic) bond motifs is 3. The molecule has 25 heavy (non-hydrogen) atoms. The van der Waals surface area contributed by atoms with Crippen molar-refractivity contribution in [3.63, 3.8) is 0 Å². The van der Waals surface area contributed by atoms with Gasteiger partial charge in [0, 0.05) is 16.9 Å². The summed E-state index contributed by atoms with van der Waals surface area (Å²) in [6, 6.07) is 2.34. The SMILES string of the molecule is CCOc1nc(OCC)c2c(n1)C1(C)C=C(C#N)C(=O)C(C)C1CC2. The minimum atomic E-state index is -0.507. The van der Waals surface area contributed by atoms with Crippen LogP contribution < -0.4 is 9.47 Å². The quantitative estimate of drug-likeness (QED) is 0.837.